The van der Waals surface area contributed by atoms with Gasteiger partial charge in [-0.15, -0.1) is 11.3 Å². The van der Waals surface area contributed by atoms with Gasteiger partial charge in [-0.3, -0.25) is 4.98 Å². The van der Waals surface area contributed by atoms with Crippen LogP contribution < -0.4 is 5.32 Å². The van der Waals surface area contributed by atoms with Crippen molar-refractivity contribution in [3.63, 3.8) is 0 Å². The molecule has 0 aromatic carbocycles. The molecular formula is C13H24N2S. The van der Waals surface area contributed by atoms with Gasteiger partial charge >= 0.3 is 0 Å². The molecule has 1 atom stereocenters. The topological polar surface area (TPSA) is 24.9 Å². The van der Waals surface area contributed by atoms with Gasteiger partial charge in [-0.1, -0.05) is 39.5 Å². The fraction of sp³-hybridized carbons (Fsp3) is 0.769. The molecule has 2 nitrogen and oxygen atoms in total. The minimum absolute atomic E-state index is 0.911. The summed E-state index contributed by atoms with van der Waals surface area (Å²) in [5.41, 5.74) is 1.90. The van der Waals surface area contributed by atoms with Crippen molar-refractivity contribution < 1.29 is 0 Å². The molecule has 1 heterocycles. The third-order valence-electron chi connectivity index (χ3n) is 3.06. The first-order valence-electron chi connectivity index (χ1n) is 6.44. The van der Waals surface area contributed by atoms with E-state index in [4.69, 9.17) is 0 Å². The monoisotopic (exact) mass is 240 g/mol. The van der Waals surface area contributed by atoms with Crippen molar-refractivity contribution in [1.29, 1.82) is 0 Å². The predicted octanol–water partition coefficient (Wildman–Crippen LogP) is 3.84. The number of rotatable bonds is 9. The predicted molar refractivity (Wildman–Crippen MR) is 71.7 cm³/mol. The highest BCUT2D eigenvalue weighted by Crippen LogP contribution is 2.15. The highest BCUT2D eigenvalue weighted by atomic mass is 32.1. The Labute approximate surface area is 103 Å². The minimum Gasteiger partial charge on any atom is -0.312 e. The van der Waals surface area contributed by atoms with Crippen molar-refractivity contribution in [3.05, 3.63) is 16.6 Å². The summed E-state index contributed by atoms with van der Waals surface area (Å²) in [6.07, 6.45) is 8.69. The SMILES string of the molecule is CCCCC(CC)CCNCc1cncs1. The molecule has 0 fully saturated rings. The number of nitrogens with one attached hydrogen (secondary N) is 1. The van der Waals surface area contributed by atoms with Crippen LogP contribution in [0.2, 0.25) is 0 Å². The highest BCUT2D eigenvalue weighted by Gasteiger charge is 2.04. The summed E-state index contributed by atoms with van der Waals surface area (Å²) in [5, 5.41) is 3.50. The Morgan fingerprint density at radius 2 is 2.25 bits per heavy atom. The zero-order valence-electron chi connectivity index (χ0n) is 10.5. The average molecular weight is 240 g/mol. The molecular weight excluding hydrogens is 216 g/mol. The van der Waals surface area contributed by atoms with Crippen LogP contribution in [-0.2, 0) is 6.54 Å². The van der Waals surface area contributed by atoms with Gasteiger partial charge in [-0.05, 0) is 18.9 Å². The van der Waals surface area contributed by atoms with Gasteiger partial charge in [0.15, 0.2) is 0 Å². The molecule has 1 rings (SSSR count). The summed E-state index contributed by atoms with van der Waals surface area (Å²) in [5.74, 6) is 0.911. The lowest BCUT2D eigenvalue weighted by atomic mass is 9.96. The van der Waals surface area contributed by atoms with E-state index in [1.165, 1.54) is 37.0 Å². The van der Waals surface area contributed by atoms with E-state index in [1.807, 2.05) is 11.7 Å². The minimum atomic E-state index is 0.911. The number of unbranched alkanes of at least 4 members (excludes halogenated alkanes) is 1. The fourth-order valence-corrected chi connectivity index (χ4v) is 2.46. The van der Waals surface area contributed by atoms with Gasteiger partial charge in [0.1, 0.15) is 0 Å². The van der Waals surface area contributed by atoms with Crippen LogP contribution >= 0.6 is 11.3 Å². The average Bonchev–Trinajstić information content (AvgIpc) is 2.81. The first-order valence-corrected chi connectivity index (χ1v) is 7.32. The molecule has 0 bridgehead atoms. The van der Waals surface area contributed by atoms with Gasteiger partial charge in [0, 0.05) is 17.6 Å². The summed E-state index contributed by atoms with van der Waals surface area (Å²) in [6.45, 7) is 6.70. The van der Waals surface area contributed by atoms with Crippen molar-refractivity contribution in [2.24, 2.45) is 5.92 Å². The quantitative estimate of drug-likeness (QED) is 0.663. The van der Waals surface area contributed by atoms with Gasteiger partial charge in [0.05, 0.1) is 5.51 Å². The van der Waals surface area contributed by atoms with Crippen LogP contribution in [0.5, 0.6) is 0 Å². The number of hydrogen-bond acceptors (Lipinski definition) is 3. The summed E-state index contributed by atoms with van der Waals surface area (Å²) < 4.78 is 0. The highest BCUT2D eigenvalue weighted by molar-refractivity contribution is 7.09. The van der Waals surface area contributed by atoms with Crippen LogP contribution in [0.3, 0.4) is 0 Å². The third kappa shape index (κ3) is 5.61. The zero-order valence-corrected chi connectivity index (χ0v) is 11.4. The van der Waals surface area contributed by atoms with Crippen molar-refractivity contribution in [2.75, 3.05) is 6.54 Å². The lowest BCUT2D eigenvalue weighted by Crippen LogP contribution is -2.17. The van der Waals surface area contributed by atoms with Gasteiger partial charge < -0.3 is 5.32 Å². The second-order valence-corrected chi connectivity index (χ2v) is 5.32. The maximum atomic E-state index is 4.07. The smallest absolute Gasteiger partial charge is 0.0794 e. The molecule has 92 valence electrons. The molecule has 1 unspecified atom stereocenters. The van der Waals surface area contributed by atoms with Gasteiger partial charge in [0.2, 0.25) is 0 Å². The Kier molecular flexibility index (Phi) is 7.43. The largest absolute Gasteiger partial charge is 0.312 e. The van der Waals surface area contributed by atoms with Gasteiger partial charge in [0.25, 0.3) is 0 Å². The fourth-order valence-electron chi connectivity index (χ4n) is 1.89. The van der Waals surface area contributed by atoms with Crippen LogP contribution in [0.15, 0.2) is 11.7 Å². The molecule has 0 radical (unpaired) electrons. The van der Waals surface area contributed by atoms with Crippen LogP contribution in [-0.4, -0.2) is 11.5 Å². The van der Waals surface area contributed by atoms with Crippen molar-refractivity contribution in [2.45, 2.75) is 52.5 Å². The van der Waals surface area contributed by atoms with Gasteiger partial charge in [-0.2, -0.15) is 0 Å². The molecule has 0 saturated heterocycles. The standard InChI is InChI=1S/C13H24N2S/c1-3-5-6-12(4-2)7-8-14-9-13-10-15-11-16-13/h10-12,14H,3-9H2,1-2H3. The Morgan fingerprint density at radius 3 is 2.88 bits per heavy atom. The molecule has 1 N–H and O–H groups in total. The van der Waals surface area contributed by atoms with Crippen LogP contribution in [0.25, 0.3) is 0 Å². The van der Waals surface area contributed by atoms with E-state index in [-0.39, 0.29) is 0 Å². The first kappa shape index (κ1) is 13.7. The summed E-state index contributed by atoms with van der Waals surface area (Å²) in [6, 6.07) is 0. The molecule has 3 heteroatoms. The molecule has 1 aromatic rings. The van der Waals surface area contributed by atoms with E-state index < -0.39 is 0 Å². The van der Waals surface area contributed by atoms with E-state index in [0.717, 1.165) is 19.0 Å². The molecule has 1 aromatic heterocycles. The zero-order chi connectivity index (χ0) is 11.6. The second-order valence-electron chi connectivity index (χ2n) is 4.35. The third-order valence-corrected chi connectivity index (χ3v) is 3.83. The Bertz CT molecular complexity index is 246. The van der Waals surface area contributed by atoms with E-state index in [2.05, 4.69) is 24.1 Å². The number of nitrogens with zero attached hydrogens (tertiary/aromatic N) is 1. The normalized spacial score (nSPS) is 12.9. The maximum Gasteiger partial charge on any atom is 0.0794 e. The van der Waals surface area contributed by atoms with Crippen LogP contribution in [0.1, 0.15) is 50.8 Å². The van der Waals surface area contributed by atoms with Crippen LogP contribution in [0.4, 0.5) is 0 Å². The Hall–Kier alpha value is -0.410. The molecule has 16 heavy (non-hydrogen) atoms. The van der Waals surface area contributed by atoms with Gasteiger partial charge in [-0.25, -0.2) is 0 Å². The Morgan fingerprint density at radius 1 is 1.38 bits per heavy atom. The van der Waals surface area contributed by atoms with E-state index in [0.29, 0.717) is 0 Å². The first-order chi connectivity index (χ1) is 7.86. The number of aromatic nitrogens is 1. The summed E-state index contributed by atoms with van der Waals surface area (Å²) in [7, 11) is 0. The molecule has 0 aliphatic heterocycles. The van der Waals surface area contributed by atoms with Crippen molar-refractivity contribution >= 4 is 11.3 Å². The molecule has 0 spiro atoms. The lowest BCUT2D eigenvalue weighted by molar-refractivity contribution is 0.409. The molecule has 0 aliphatic rings. The molecule has 0 amide bonds. The van der Waals surface area contributed by atoms with E-state index >= 15 is 0 Å². The maximum absolute atomic E-state index is 4.07. The summed E-state index contributed by atoms with van der Waals surface area (Å²) >= 11 is 1.73. The van der Waals surface area contributed by atoms with E-state index in [9.17, 15) is 0 Å². The number of hydrogen-bond donors (Lipinski definition) is 1. The van der Waals surface area contributed by atoms with Crippen LogP contribution in [0, 0.1) is 5.92 Å². The number of thiazole rings is 1. The van der Waals surface area contributed by atoms with Crippen molar-refractivity contribution in [3.8, 4) is 0 Å². The summed E-state index contributed by atoms with van der Waals surface area (Å²) in [4.78, 5) is 5.41. The van der Waals surface area contributed by atoms with E-state index in [1.54, 1.807) is 11.3 Å². The second kappa shape index (κ2) is 8.71. The molecule has 0 saturated carbocycles. The Balaban J connectivity index is 2.04. The lowest BCUT2D eigenvalue weighted by Gasteiger charge is -2.14. The molecule has 0 aliphatic carbocycles. The van der Waals surface area contributed by atoms with Crippen molar-refractivity contribution in [1.82, 2.24) is 10.3 Å².